The molecule has 1 nitrogen and oxygen atoms in total. The molecule has 0 aromatic rings. The van der Waals surface area contributed by atoms with Crippen LogP contribution in [0, 0.1) is 5.92 Å². The minimum absolute atomic E-state index is 0.109. The Morgan fingerprint density at radius 1 is 1.00 bits per heavy atom. The maximum absolute atomic E-state index is 2.80. The summed E-state index contributed by atoms with van der Waals surface area (Å²) in [4.78, 5) is 0. The molecule has 2 aliphatic heterocycles. The van der Waals surface area contributed by atoms with Gasteiger partial charge in [0, 0.05) is 23.4 Å². The van der Waals surface area contributed by atoms with Crippen LogP contribution in [0.5, 0.6) is 0 Å². The van der Waals surface area contributed by atoms with Crippen LogP contribution in [0.3, 0.4) is 0 Å². The summed E-state index contributed by atoms with van der Waals surface area (Å²) in [5.74, 6) is 0.877. The fraction of sp³-hybridized carbons (Fsp3) is 1.00. The van der Waals surface area contributed by atoms with Crippen LogP contribution in [0.1, 0.15) is 47.5 Å². The van der Waals surface area contributed by atoms with Gasteiger partial charge in [0.15, 0.2) is 0 Å². The SMILES string of the molecule is CC1C(C)(C)P(N2CCCC2)C1(C)C. The molecule has 0 aromatic carbocycles. The third kappa shape index (κ3) is 1.28. The highest BCUT2D eigenvalue weighted by Gasteiger charge is 2.61. The second-order valence-corrected chi connectivity index (χ2v) is 9.50. The largest absolute Gasteiger partial charge is 0.281 e. The van der Waals surface area contributed by atoms with Crippen LogP contribution in [0.25, 0.3) is 0 Å². The van der Waals surface area contributed by atoms with Gasteiger partial charge in [-0.3, -0.25) is 4.67 Å². The Kier molecular flexibility index (Phi) is 2.48. The van der Waals surface area contributed by atoms with Crippen LogP contribution in [-0.4, -0.2) is 28.1 Å². The third-order valence-electron chi connectivity index (χ3n) is 4.58. The summed E-state index contributed by atoms with van der Waals surface area (Å²) >= 11 is 0. The maximum Gasteiger partial charge on any atom is 0.00217 e. The van der Waals surface area contributed by atoms with E-state index in [1.54, 1.807) is 0 Å². The Morgan fingerprint density at radius 2 is 1.43 bits per heavy atom. The summed E-state index contributed by atoms with van der Waals surface area (Å²) in [6.45, 7) is 15.1. The summed E-state index contributed by atoms with van der Waals surface area (Å²) < 4.78 is 2.80. The molecule has 0 aliphatic carbocycles. The van der Waals surface area contributed by atoms with Crippen LogP contribution >= 0.6 is 8.07 Å². The van der Waals surface area contributed by atoms with Gasteiger partial charge in [-0.1, -0.05) is 34.6 Å². The van der Waals surface area contributed by atoms with Gasteiger partial charge >= 0.3 is 0 Å². The zero-order valence-electron chi connectivity index (χ0n) is 10.3. The summed E-state index contributed by atoms with van der Waals surface area (Å²) in [5, 5.41) is 1.17. The van der Waals surface area contributed by atoms with Crippen LogP contribution in [0.4, 0.5) is 0 Å². The van der Waals surface area contributed by atoms with Crippen molar-refractivity contribution in [2.45, 2.75) is 57.8 Å². The van der Waals surface area contributed by atoms with E-state index in [0.29, 0.717) is 10.3 Å². The first kappa shape index (κ1) is 10.9. The molecule has 2 heterocycles. The van der Waals surface area contributed by atoms with Gasteiger partial charge in [-0.25, -0.2) is 0 Å². The molecule has 0 radical (unpaired) electrons. The molecular weight excluding hydrogens is 189 g/mol. The van der Waals surface area contributed by atoms with Gasteiger partial charge in [0.25, 0.3) is 0 Å². The number of nitrogens with zero attached hydrogens (tertiary/aromatic N) is 1. The van der Waals surface area contributed by atoms with Crippen molar-refractivity contribution in [1.82, 2.24) is 4.67 Å². The molecule has 82 valence electrons. The second kappa shape index (κ2) is 3.19. The van der Waals surface area contributed by atoms with Crippen LogP contribution < -0.4 is 0 Å². The van der Waals surface area contributed by atoms with Gasteiger partial charge in [0.1, 0.15) is 0 Å². The lowest BCUT2D eigenvalue weighted by molar-refractivity contribution is 0.275. The molecule has 0 unspecified atom stereocenters. The molecule has 2 fully saturated rings. The molecule has 2 saturated heterocycles. The standard InChI is InChI=1S/C12H24NP/c1-10-11(2,3)14(12(10,4)5)13-8-6-7-9-13/h10H,6-9H2,1-5H3. The lowest BCUT2D eigenvalue weighted by atomic mass is 9.83. The van der Waals surface area contributed by atoms with Gasteiger partial charge in [0.05, 0.1) is 0 Å². The van der Waals surface area contributed by atoms with E-state index in [-0.39, 0.29) is 8.07 Å². The van der Waals surface area contributed by atoms with Gasteiger partial charge < -0.3 is 0 Å². The van der Waals surface area contributed by atoms with E-state index in [1.807, 2.05) is 0 Å². The summed E-state index contributed by atoms with van der Waals surface area (Å²) in [6, 6.07) is 0. The van der Waals surface area contributed by atoms with Crippen molar-refractivity contribution in [1.29, 1.82) is 0 Å². The first-order chi connectivity index (χ1) is 6.38. The smallest absolute Gasteiger partial charge is 0.00217 e. The molecule has 0 amide bonds. The quantitative estimate of drug-likeness (QED) is 0.600. The highest BCUT2D eigenvalue weighted by Crippen LogP contribution is 2.77. The molecule has 14 heavy (non-hydrogen) atoms. The van der Waals surface area contributed by atoms with E-state index >= 15 is 0 Å². The summed E-state index contributed by atoms with van der Waals surface area (Å²) in [5.41, 5.74) is 0. The van der Waals surface area contributed by atoms with E-state index in [2.05, 4.69) is 39.3 Å². The molecule has 2 heteroatoms. The average Bonchev–Trinajstić information content (AvgIpc) is 2.55. The van der Waals surface area contributed by atoms with Crippen LogP contribution in [0.15, 0.2) is 0 Å². The Hall–Kier alpha value is 0.390. The Morgan fingerprint density at radius 3 is 1.86 bits per heavy atom. The molecule has 2 rings (SSSR count). The molecule has 0 saturated carbocycles. The lowest BCUT2D eigenvalue weighted by Gasteiger charge is -2.66. The zero-order chi connectivity index (χ0) is 10.6. The normalized spacial score (nSPS) is 40.9. The topological polar surface area (TPSA) is 3.24 Å². The van der Waals surface area contributed by atoms with E-state index in [0.717, 1.165) is 5.92 Å². The highest BCUT2D eigenvalue weighted by molar-refractivity contribution is 7.60. The molecule has 0 atom stereocenters. The van der Waals surface area contributed by atoms with Crippen LogP contribution in [-0.2, 0) is 0 Å². The van der Waals surface area contributed by atoms with Crippen molar-refractivity contribution in [2.24, 2.45) is 5.92 Å². The molecule has 2 aliphatic rings. The first-order valence-electron chi connectivity index (χ1n) is 5.93. The summed E-state index contributed by atoms with van der Waals surface area (Å²) in [7, 11) is 0.109. The Balaban J connectivity index is 2.17. The number of hydrogen-bond donors (Lipinski definition) is 0. The summed E-state index contributed by atoms with van der Waals surface area (Å²) in [6.07, 6.45) is 2.86. The minimum Gasteiger partial charge on any atom is -0.281 e. The third-order valence-corrected chi connectivity index (χ3v) is 8.50. The predicted molar refractivity (Wildman–Crippen MR) is 65.0 cm³/mol. The highest BCUT2D eigenvalue weighted by atomic mass is 31.1. The van der Waals surface area contributed by atoms with Gasteiger partial charge in [-0.2, -0.15) is 0 Å². The number of hydrogen-bond acceptors (Lipinski definition) is 1. The van der Waals surface area contributed by atoms with E-state index in [9.17, 15) is 0 Å². The Bertz CT molecular complexity index is 212. The van der Waals surface area contributed by atoms with Gasteiger partial charge in [0.2, 0.25) is 0 Å². The van der Waals surface area contributed by atoms with Crippen LogP contribution in [0.2, 0.25) is 0 Å². The molecule has 0 aromatic heterocycles. The molecular formula is C12H24NP. The fourth-order valence-corrected chi connectivity index (χ4v) is 8.34. The monoisotopic (exact) mass is 213 g/mol. The van der Waals surface area contributed by atoms with E-state index < -0.39 is 0 Å². The van der Waals surface area contributed by atoms with Crippen molar-refractivity contribution in [3.8, 4) is 0 Å². The number of rotatable bonds is 1. The van der Waals surface area contributed by atoms with Crippen molar-refractivity contribution in [3.05, 3.63) is 0 Å². The second-order valence-electron chi connectivity index (χ2n) is 6.00. The zero-order valence-corrected chi connectivity index (χ0v) is 11.2. The Labute approximate surface area is 90.1 Å². The van der Waals surface area contributed by atoms with E-state index in [4.69, 9.17) is 0 Å². The lowest BCUT2D eigenvalue weighted by Crippen LogP contribution is -2.58. The van der Waals surface area contributed by atoms with Crippen molar-refractivity contribution in [2.75, 3.05) is 13.1 Å². The van der Waals surface area contributed by atoms with Gasteiger partial charge in [-0.15, -0.1) is 0 Å². The van der Waals surface area contributed by atoms with Gasteiger partial charge in [-0.05, 0) is 26.8 Å². The van der Waals surface area contributed by atoms with Crippen molar-refractivity contribution >= 4 is 8.07 Å². The van der Waals surface area contributed by atoms with Crippen molar-refractivity contribution < 1.29 is 0 Å². The minimum atomic E-state index is 0.109. The average molecular weight is 213 g/mol. The fourth-order valence-electron chi connectivity index (χ4n) is 3.54. The predicted octanol–water partition coefficient (Wildman–Crippen LogP) is 3.69. The van der Waals surface area contributed by atoms with Crippen molar-refractivity contribution in [3.63, 3.8) is 0 Å². The molecule has 0 N–H and O–H groups in total. The van der Waals surface area contributed by atoms with E-state index in [1.165, 1.54) is 25.9 Å². The first-order valence-corrected chi connectivity index (χ1v) is 7.23. The maximum atomic E-state index is 2.80. The molecule has 0 spiro atoms. The molecule has 0 bridgehead atoms.